The van der Waals surface area contributed by atoms with Crippen molar-refractivity contribution in [3.8, 4) is 0 Å². The van der Waals surface area contributed by atoms with Crippen molar-refractivity contribution in [3.63, 3.8) is 0 Å². The van der Waals surface area contributed by atoms with Crippen LogP contribution in [0.25, 0.3) is 0 Å². The number of carbonyl (C=O) groups is 1. The third-order valence-electron chi connectivity index (χ3n) is 2.13. The highest BCUT2D eigenvalue weighted by atomic mass is 16.5. The molecular weight excluding hydrogens is 196 g/mol. The van der Waals surface area contributed by atoms with E-state index in [4.69, 9.17) is 4.74 Å². The minimum absolute atomic E-state index is 0.101. The Bertz CT molecular complexity index is 346. The summed E-state index contributed by atoms with van der Waals surface area (Å²) in [6.45, 7) is 2.71. The van der Waals surface area contributed by atoms with Gasteiger partial charge in [-0.25, -0.2) is 9.78 Å². The number of carbonyl (C=O) groups excluding carboxylic acids is 1. The zero-order valence-electron chi connectivity index (χ0n) is 8.62. The highest BCUT2D eigenvalue weighted by Crippen LogP contribution is 2.18. The summed E-state index contributed by atoms with van der Waals surface area (Å²) in [6.07, 6.45) is 2.44. The van der Waals surface area contributed by atoms with Gasteiger partial charge in [0.2, 0.25) is 0 Å². The Morgan fingerprint density at radius 1 is 1.67 bits per heavy atom. The first kappa shape index (κ1) is 10.1. The van der Waals surface area contributed by atoms with Crippen molar-refractivity contribution in [2.75, 3.05) is 6.61 Å². The van der Waals surface area contributed by atoms with E-state index in [-0.39, 0.29) is 5.82 Å². The van der Waals surface area contributed by atoms with Crippen molar-refractivity contribution in [3.05, 3.63) is 11.6 Å². The van der Waals surface area contributed by atoms with Crippen molar-refractivity contribution >= 4 is 5.97 Å². The summed E-state index contributed by atoms with van der Waals surface area (Å²) in [4.78, 5) is 15.2. The summed E-state index contributed by atoms with van der Waals surface area (Å²) in [7, 11) is 0. The van der Waals surface area contributed by atoms with Gasteiger partial charge in [0.15, 0.2) is 0 Å². The first-order valence-corrected chi connectivity index (χ1v) is 5.11. The molecule has 0 saturated heterocycles. The second-order valence-corrected chi connectivity index (χ2v) is 3.48. The molecule has 0 radical (unpaired) electrons. The Morgan fingerprint density at radius 2 is 2.47 bits per heavy atom. The van der Waals surface area contributed by atoms with Crippen LogP contribution in [0.5, 0.6) is 0 Å². The van der Waals surface area contributed by atoms with Crippen LogP contribution in [0.4, 0.5) is 0 Å². The van der Waals surface area contributed by atoms with Gasteiger partial charge in [0.1, 0.15) is 5.82 Å². The lowest BCUT2D eigenvalue weighted by molar-refractivity contribution is 0.0512. The van der Waals surface area contributed by atoms with E-state index in [9.17, 15) is 4.79 Å². The number of aromatic amines is 1. The highest BCUT2D eigenvalue weighted by Gasteiger charge is 2.21. The van der Waals surface area contributed by atoms with E-state index >= 15 is 0 Å². The molecule has 1 fully saturated rings. The molecule has 2 rings (SSSR count). The Morgan fingerprint density at radius 3 is 3.13 bits per heavy atom. The number of aromatic nitrogens is 3. The Balaban J connectivity index is 1.87. The maximum Gasteiger partial charge on any atom is 0.378 e. The van der Waals surface area contributed by atoms with Gasteiger partial charge in [0.25, 0.3) is 5.82 Å². The van der Waals surface area contributed by atoms with Crippen LogP contribution in [-0.2, 0) is 11.3 Å². The number of hydrogen-bond donors (Lipinski definition) is 2. The van der Waals surface area contributed by atoms with Gasteiger partial charge in [-0.15, -0.1) is 5.10 Å². The Kier molecular flexibility index (Phi) is 2.96. The smallest absolute Gasteiger partial charge is 0.378 e. The molecule has 1 heterocycles. The fraction of sp³-hybridized carbons (Fsp3) is 0.667. The van der Waals surface area contributed by atoms with Crippen LogP contribution in [0.2, 0.25) is 0 Å². The van der Waals surface area contributed by atoms with Gasteiger partial charge in [0, 0.05) is 6.04 Å². The number of rotatable bonds is 5. The molecule has 0 unspecified atom stereocenters. The van der Waals surface area contributed by atoms with Crippen molar-refractivity contribution in [1.29, 1.82) is 0 Å². The summed E-state index contributed by atoms with van der Waals surface area (Å²) >= 11 is 0. The maximum absolute atomic E-state index is 11.2. The van der Waals surface area contributed by atoms with Crippen LogP contribution in [0.1, 0.15) is 36.2 Å². The molecule has 15 heavy (non-hydrogen) atoms. The van der Waals surface area contributed by atoms with Crippen LogP contribution < -0.4 is 5.32 Å². The SMILES string of the molecule is CCOC(=O)c1n[nH]c(CNC2CC2)n1. The molecule has 1 aliphatic rings. The second kappa shape index (κ2) is 4.39. The van der Waals surface area contributed by atoms with Gasteiger partial charge in [-0.05, 0) is 19.8 Å². The molecule has 0 bridgehead atoms. The average molecular weight is 210 g/mol. The number of nitrogens with one attached hydrogen (secondary N) is 2. The van der Waals surface area contributed by atoms with Crippen LogP contribution >= 0.6 is 0 Å². The first-order valence-electron chi connectivity index (χ1n) is 5.11. The number of hydrogen-bond acceptors (Lipinski definition) is 5. The normalized spacial score (nSPS) is 15.3. The highest BCUT2D eigenvalue weighted by molar-refractivity contribution is 5.84. The lowest BCUT2D eigenvalue weighted by atomic mass is 10.5. The molecule has 0 amide bonds. The van der Waals surface area contributed by atoms with Crippen LogP contribution in [-0.4, -0.2) is 33.8 Å². The topological polar surface area (TPSA) is 79.9 Å². The van der Waals surface area contributed by atoms with Crippen LogP contribution in [0.3, 0.4) is 0 Å². The number of esters is 1. The molecule has 1 aromatic heterocycles. The van der Waals surface area contributed by atoms with Gasteiger partial charge >= 0.3 is 5.97 Å². The predicted octanol–water partition coefficient (Wildman–Crippen LogP) is 0.233. The van der Waals surface area contributed by atoms with Crippen LogP contribution in [0.15, 0.2) is 0 Å². The third kappa shape index (κ3) is 2.76. The van der Waals surface area contributed by atoms with E-state index in [1.807, 2.05) is 0 Å². The Hall–Kier alpha value is -1.43. The van der Waals surface area contributed by atoms with E-state index < -0.39 is 5.97 Å². The third-order valence-corrected chi connectivity index (χ3v) is 2.13. The molecule has 2 N–H and O–H groups in total. The minimum atomic E-state index is -0.480. The van der Waals surface area contributed by atoms with Crippen molar-refractivity contribution in [2.45, 2.75) is 32.4 Å². The summed E-state index contributed by atoms with van der Waals surface area (Å²) in [5.74, 6) is 0.292. The molecule has 82 valence electrons. The van der Waals surface area contributed by atoms with Crippen molar-refractivity contribution in [2.24, 2.45) is 0 Å². The number of nitrogens with zero attached hydrogens (tertiary/aromatic N) is 2. The largest absolute Gasteiger partial charge is 0.460 e. The molecular formula is C9H14N4O2. The summed E-state index contributed by atoms with van der Waals surface area (Å²) in [5.41, 5.74) is 0. The molecule has 1 aromatic rings. The molecule has 6 nitrogen and oxygen atoms in total. The van der Waals surface area contributed by atoms with E-state index in [0.29, 0.717) is 25.0 Å². The van der Waals surface area contributed by atoms with E-state index in [1.165, 1.54) is 12.8 Å². The molecule has 0 atom stereocenters. The van der Waals surface area contributed by atoms with Crippen LogP contribution in [0, 0.1) is 0 Å². The molecule has 6 heteroatoms. The zero-order valence-corrected chi connectivity index (χ0v) is 8.62. The van der Waals surface area contributed by atoms with Crippen molar-refractivity contribution < 1.29 is 9.53 Å². The van der Waals surface area contributed by atoms with E-state index in [0.717, 1.165) is 0 Å². The molecule has 0 aliphatic heterocycles. The predicted molar refractivity (Wildman–Crippen MR) is 52.2 cm³/mol. The van der Waals surface area contributed by atoms with Gasteiger partial charge in [-0.1, -0.05) is 0 Å². The quantitative estimate of drug-likeness (QED) is 0.680. The van der Waals surface area contributed by atoms with Gasteiger partial charge in [-0.2, -0.15) is 0 Å². The maximum atomic E-state index is 11.2. The van der Waals surface area contributed by atoms with E-state index in [1.54, 1.807) is 6.92 Å². The standard InChI is InChI=1S/C9H14N4O2/c1-2-15-9(14)8-11-7(12-13-8)5-10-6-3-4-6/h6,10H,2-5H2,1H3,(H,11,12,13). The summed E-state index contributed by atoms with van der Waals surface area (Å²) < 4.78 is 4.77. The minimum Gasteiger partial charge on any atom is -0.460 e. The molecule has 1 aliphatic carbocycles. The number of H-pyrrole nitrogens is 1. The van der Waals surface area contributed by atoms with Crippen molar-refractivity contribution in [1.82, 2.24) is 20.5 Å². The molecule has 0 spiro atoms. The lowest BCUT2D eigenvalue weighted by Crippen LogP contribution is -2.16. The average Bonchev–Trinajstić information content (AvgIpc) is 2.93. The second-order valence-electron chi connectivity index (χ2n) is 3.48. The monoisotopic (exact) mass is 210 g/mol. The van der Waals surface area contributed by atoms with Gasteiger partial charge < -0.3 is 10.1 Å². The number of ether oxygens (including phenoxy) is 1. The zero-order chi connectivity index (χ0) is 10.7. The molecule has 1 saturated carbocycles. The summed E-state index contributed by atoms with van der Waals surface area (Å²) in [5, 5.41) is 9.76. The fourth-order valence-corrected chi connectivity index (χ4v) is 1.19. The van der Waals surface area contributed by atoms with Gasteiger partial charge in [0.05, 0.1) is 13.2 Å². The lowest BCUT2D eigenvalue weighted by Gasteiger charge is -1.96. The Labute approximate surface area is 87.4 Å². The fourth-order valence-electron chi connectivity index (χ4n) is 1.19. The summed E-state index contributed by atoms with van der Waals surface area (Å²) in [6, 6.07) is 0.612. The molecule has 0 aromatic carbocycles. The van der Waals surface area contributed by atoms with E-state index in [2.05, 4.69) is 20.5 Å². The first-order chi connectivity index (χ1) is 7.29. The van der Waals surface area contributed by atoms with Gasteiger partial charge in [-0.3, -0.25) is 5.10 Å².